The molecule has 1 aliphatic heterocycles. The highest BCUT2D eigenvalue weighted by molar-refractivity contribution is 5.77. The van der Waals surface area contributed by atoms with Crippen molar-refractivity contribution in [1.82, 2.24) is 10.2 Å². The standard InChI is InChI=1S/C17H26N2O2/c1-3-14-6-8-15(9-7-14)16-13-18-10-11-19(16)17(20)5-4-12-21-2/h6-9,16,18H,3-5,10-13H2,1-2H3. The molecule has 4 heteroatoms. The van der Waals surface area contributed by atoms with Gasteiger partial charge in [-0.05, 0) is 24.0 Å². The average molecular weight is 290 g/mol. The van der Waals surface area contributed by atoms with E-state index in [0.717, 1.165) is 32.5 Å². The topological polar surface area (TPSA) is 41.6 Å². The molecule has 1 fully saturated rings. The highest BCUT2D eigenvalue weighted by atomic mass is 16.5. The second-order valence-electron chi connectivity index (χ2n) is 5.50. The molecule has 0 radical (unpaired) electrons. The number of nitrogens with one attached hydrogen (secondary N) is 1. The highest BCUT2D eigenvalue weighted by Gasteiger charge is 2.27. The third-order valence-corrected chi connectivity index (χ3v) is 4.08. The Hall–Kier alpha value is -1.39. The fourth-order valence-electron chi connectivity index (χ4n) is 2.79. The Morgan fingerprint density at radius 2 is 2.14 bits per heavy atom. The molecule has 4 nitrogen and oxygen atoms in total. The van der Waals surface area contributed by atoms with Gasteiger partial charge >= 0.3 is 0 Å². The van der Waals surface area contributed by atoms with E-state index in [1.54, 1.807) is 7.11 Å². The lowest BCUT2D eigenvalue weighted by Crippen LogP contribution is -2.48. The summed E-state index contributed by atoms with van der Waals surface area (Å²) in [6.45, 7) is 5.30. The van der Waals surface area contributed by atoms with E-state index in [9.17, 15) is 4.79 Å². The van der Waals surface area contributed by atoms with Crippen LogP contribution in [0.1, 0.15) is 36.9 Å². The predicted octanol–water partition coefficient (Wildman–Crippen LogP) is 2.15. The van der Waals surface area contributed by atoms with Gasteiger partial charge in [0, 0.05) is 39.8 Å². The molecule has 1 saturated heterocycles. The summed E-state index contributed by atoms with van der Waals surface area (Å²) in [6.07, 6.45) is 2.40. The van der Waals surface area contributed by atoms with Crippen molar-refractivity contribution >= 4 is 5.91 Å². The van der Waals surface area contributed by atoms with Gasteiger partial charge in [-0.1, -0.05) is 31.2 Å². The fourth-order valence-corrected chi connectivity index (χ4v) is 2.79. The average Bonchev–Trinajstić information content (AvgIpc) is 2.55. The molecule has 0 bridgehead atoms. The van der Waals surface area contributed by atoms with Crippen molar-refractivity contribution in [3.8, 4) is 0 Å². The molecule has 21 heavy (non-hydrogen) atoms. The zero-order valence-electron chi connectivity index (χ0n) is 13.1. The number of aryl methyl sites for hydroxylation is 1. The summed E-state index contributed by atoms with van der Waals surface area (Å²) in [5, 5.41) is 3.40. The van der Waals surface area contributed by atoms with Gasteiger partial charge in [0.15, 0.2) is 0 Å². The number of methoxy groups -OCH3 is 1. The van der Waals surface area contributed by atoms with Crippen molar-refractivity contribution in [2.24, 2.45) is 0 Å². The molecule has 1 aliphatic rings. The zero-order valence-corrected chi connectivity index (χ0v) is 13.1. The number of nitrogens with zero attached hydrogens (tertiary/aromatic N) is 1. The molecule has 0 spiro atoms. The van der Waals surface area contributed by atoms with Crippen LogP contribution >= 0.6 is 0 Å². The molecule has 0 aromatic heterocycles. The Labute approximate surface area is 127 Å². The van der Waals surface area contributed by atoms with Crippen molar-refractivity contribution < 1.29 is 9.53 Å². The van der Waals surface area contributed by atoms with E-state index in [1.165, 1.54) is 11.1 Å². The lowest BCUT2D eigenvalue weighted by molar-refractivity contribution is -0.134. The molecule has 1 amide bonds. The van der Waals surface area contributed by atoms with Crippen LogP contribution in [0, 0.1) is 0 Å². The Balaban J connectivity index is 2.05. The number of benzene rings is 1. The molecule has 0 saturated carbocycles. The second-order valence-corrected chi connectivity index (χ2v) is 5.50. The summed E-state index contributed by atoms with van der Waals surface area (Å²) in [4.78, 5) is 14.4. The van der Waals surface area contributed by atoms with Gasteiger partial charge in [-0.2, -0.15) is 0 Å². The van der Waals surface area contributed by atoms with E-state index in [2.05, 4.69) is 36.5 Å². The van der Waals surface area contributed by atoms with Crippen LogP contribution in [-0.4, -0.2) is 44.2 Å². The molecule has 0 aliphatic carbocycles. The van der Waals surface area contributed by atoms with Crippen LogP contribution in [-0.2, 0) is 16.0 Å². The Morgan fingerprint density at radius 1 is 1.38 bits per heavy atom. The molecule has 1 aromatic rings. The second kappa shape index (κ2) is 8.15. The van der Waals surface area contributed by atoms with Crippen LogP contribution in [0.15, 0.2) is 24.3 Å². The van der Waals surface area contributed by atoms with E-state index in [0.29, 0.717) is 13.0 Å². The number of ether oxygens (including phenoxy) is 1. The molecule has 1 unspecified atom stereocenters. The van der Waals surface area contributed by atoms with Gasteiger partial charge in [-0.25, -0.2) is 0 Å². The summed E-state index contributed by atoms with van der Waals surface area (Å²) in [5.41, 5.74) is 2.56. The minimum atomic E-state index is 0.153. The van der Waals surface area contributed by atoms with E-state index < -0.39 is 0 Å². The first-order valence-electron chi connectivity index (χ1n) is 7.84. The summed E-state index contributed by atoms with van der Waals surface area (Å²) in [6, 6.07) is 8.80. The van der Waals surface area contributed by atoms with Gasteiger partial charge in [0.2, 0.25) is 5.91 Å². The minimum absolute atomic E-state index is 0.153. The number of rotatable bonds is 6. The van der Waals surface area contributed by atoms with E-state index in [-0.39, 0.29) is 11.9 Å². The first kappa shape index (κ1) is 16.0. The van der Waals surface area contributed by atoms with Crippen LogP contribution in [0.4, 0.5) is 0 Å². The number of piperazine rings is 1. The maximum atomic E-state index is 12.4. The largest absolute Gasteiger partial charge is 0.385 e. The number of amides is 1. The van der Waals surface area contributed by atoms with Gasteiger partial charge in [-0.15, -0.1) is 0 Å². The predicted molar refractivity (Wildman–Crippen MR) is 84.3 cm³/mol. The number of carbonyl (C=O) groups is 1. The minimum Gasteiger partial charge on any atom is -0.385 e. The molecule has 1 atom stereocenters. The lowest BCUT2D eigenvalue weighted by atomic mass is 10.0. The molecule has 1 heterocycles. The summed E-state index contributed by atoms with van der Waals surface area (Å²) in [5.74, 6) is 0.234. The molecule has 1 aromatic carbocycles. The van der Waals surface area contributed by atoms with Crippen molar-refractivity contribution in [3.05, 3.63) is 35.4 Å². The molecule has 1 N–H and O–H groups in total. The molecule has 2 rings (SSSR count). The number of hydrogen-bond donors (Lipinski definition) is 1. The highest BCUT2D eigenvalue weighted by Crippen LogP contribution is 2.23. The van der Waals surface area contributed by atoms with Crippen molar-refractivity contribution in [2.45, 2.75) is 32.2 Å². The first-order valence-corrected chi connectivity index (χ1v) is 7.84. The van der Waals surface area contributed by atoms with Crippen LogP contribution < -0.4 is 5.32 Å². The van der Waals surface area contributed by atoms with Crippen LogP contribution in [0.2, 0.25) is 0 Å². The smallest absolute Gasteiger partial charge is 0.223 e. The number of carbonyl (C=O) groups excluding carboxylic acids is 1. The zero-order chi connectivity index (χ0) is 15.1. The van der Waals surface area contributed by atoms with Crippen molar-refractivity contribution in [2.75, 3.05) is 33.4 Å². The number of hydrogen-bond acceptors (Lipinski definition) is 3. The fraction of sp³-hybridized carbons (Fsp3) is 0.588. The van der Waals surface area contributed by atoms with Gasteiger partial charge in [-0.3, -0.25) is 4.79 Å². The lowest BCUT2D eigenvalue weighted by Gasteiger charge is -2.36. The van der Waals surface area contributed by atoms with Crippen molar-refractivity contribution in [3.63, 3.8) is 0 Å². The van der Waals surface area contributed by atoms with E-state index in [4.69, 9.17) is 4.74 Å². The molecular formula is C17H26N2O2. The Kier molecular flexibility index (Phi) is 6.21. The summed E-state index contributed by atoms with van der Waals surface area (Å²) < 4.78 is 5.03. The van der Waals surface area contributed by atoms with Gasteiger partial charge in [0.25, 0.3) is 0 Å². The maximum Gasteiger partial charge on any atom is 0.223 e. The van der Waals surface area contributed by atoms with E-state index >= 15 is 0 Å². The van der Waals surface area contributed by atoms with Crippen LogP contribution in [0.25, 0.3) is 0 Å². The Morgan fingerprint density at radius 3 is 2.81 bits per heavy atom. The molecular weight excluding hydrogens is 264 g/mol. The van der Waals surface area contributed by atoms with Crippen LogP contribution in [0.3, 0.4) is 0 Å². The quantitative estimate of drug-likeness (QED) is 0.816. The molecule has 116 valence electrons. The summed E-state index contributed by atoms with van der Waals surface area (Å²) in [7, 11) is 1.67. The van der Waals surface area contributed by atoms with Gasteiger partial charge in [0.1, 0.15) is 0 Å². The first-order chi connectivity index (χ1) is 10.3. The monoisotopic (exact) mass is 290 g/mol. The Bertz CT molecular complexity index is 445. The van der Waals surface area contributed by atoms with Crippen LogP contribution in [0.5, 0.6) is 0 Å². The van der Waals surface area contributed by atoms with Gasteiger partial charge in [0.05, 0.1) is 6.04 Å². The van der Waals surface area contributed by atoms with E-state index in [1.807, 2.05) is 4.90 Å². The third kappa shape index (κ3) is 4.29. The van der Waals surface area contributed by atoms with Gasteiger partial charge < -0.3 is 15.0 Å². The third-order valence-electron chi connectivity index (χ3n) is 4.08. The maximum absolute atomic E-state index is 12.4. The summed E-state index contributed by atoms with van der Waals surface area (Å²) >= 11 is 0. The normalized spacial score (nSPS) is 18.8. The van der Waals surface area contributed by atoms with Crippen molar-refractivity contribution in [1.29, 1.82) is 0 Å². The SMILES string of the molecule is CCc1ccc(C2CNCCN2C(=O)CCCOC)cc1.